The van der Waals surface area contributed by atoms with Crippen LogP contribution in [-0.2, 0) is 17.6 Å². The first kappa shape index (κ1) is 20.0. The zero-order valence-corrected chi connectivity index (χ0v) is 17.9. The molecule has 2 aliphatic rings. The van der Waals surface area contributed by atoms with Gasteiger partial charge in [-0.3, -0.25) is 9.69 Å². The number of furan rings is 1. The van der Waals surface area contributed by atoms with Crippen molar-refractivity contribution in [1.29, 1.82) is 0 Å². The highest BCUT2D eigenvalue weighted by molar-refractivity contribution is 5.71. The number of carboxylic acids is 1. The number of aliphatic carboxylic acids is 1. The molecular formula is C24H27N3O4. The molecule has 1 aromatic carbocycles. The molecule has 162 valence electrons. The summed E-state index contributed by atoms with van der Waals surface area (Å²) >= 11 is 0. The normalized spacial score (nSPS) is 19.4. The van der Waals surface area contributed by atoms with Crippen LogP contribution in [0, 0.1) is 11.8 Å². The van der Waals surface area contributed by atoms with Crippen molar-refractivity contribution in [2.45, 2.75) is 45.6 Å². The Balaban J connectivity index is 1.34. The molecule has 1 unspecified atom stereocenters. The van der Waals surface area contributed by atoms with Crippen LogP contribution in [0.4, 0.5) is 0 Å². The molecule has 1 N–H and O–H groups in total. The molecule has 1 saturated heterocycles. The summed E-state index contributed by atoms with van der Waals surface area (Å²) in [4.78, 5) is 18.0. The number of carboxylic acid groups (broad SMARTS) is 1. The third kappa shape index (κ3) is 3.90. The van der Waals surface area contributed by atoms with Crippen molar-refractivity contribution in [3.8, 4) is 23.0 Å². The van der Waals surface area contributed by atoms with Gasteiger partial charge in [-0.25, -0.2) is 0 Å². The van der Waals surface area contributed by atoms with Crippen LogP contribution in [0.3, 0.4) is 0 Å². The largest absolute Gasteiger partial charge is 0.481 e. The molecule has 1 aliphatic carbocycles. The fraction of sp³-hybridized carbons (Fsp3) is 0.458. The summed E-state index contributed by atoms with van der Waals surface area (Å²) in [6, 6.07) is 10.5. The van der Waals surface area contributed by atoms with Gasteiger partial charge in [0.1, 0.15) is 5.76 Å². The smallest absolute Gasteiger partial charge is 0.309 e. The van der Waals surface area contributed by atoms with Gasteiger partial charge >= 0.3 is 5.97 Å². The van der Waals surface area contributed by atoms with Crippen molar-refractivity contribution in [2.75, 3.05) is 13.1 Å². The van der Waals surface area contributed by atoms with Crippen molar-refractivity contribution >= 4 is 5.97 Å². The summed E-state index contributed by atoms with van der Waals surface area (Å²) < 4.78 is 11.6. The Labute approximate surface area is 181 Å². The molecule has 1 aliphatic heterocycles. The van der Waals surface area contributed by atoms with E-state index in [4.69, 9.17) is 8.94 Å². The topological polar surface area (TPSA) is 92.6 Å². The van der Waals surface area contributed by atoms with E-state index in [1.165, 1.54) is 5.56 Å². The number of rotatable bonds is 6. The van der Waals surface area contributed by atoms with Crippen LogP contribution in [-0.4, -0.2) is 39.2 Å². The molecule has 0 saturated carbocycles. The Kier molecular flexibility index (Phi) is 5.14. The minimum atomic E-state index is -0.711. The van der Waals surface area contributed by atoms with E-state index in [-0.39, 0.29) is 12.0 Å². The maximum atomic E-state index is 11.2. The van der Waals surface area contributed by atoms with Crippen molar-refractivity contribution in [3.63, 3.8) is 0 Å². The van der Waals surface area contributed by atoms with Gasteiger partial charge in [-0.05, 0) is 48.9 Å². The van der Waals surface area contributed by atoms with E-state index in [9.17, 15) is 9.90 Å². The van der Waals surface area contributed by atoms with Gasteiger partial charge in [-0.15, -0.1) is 0 Å². The average Bonchev–Trinajstić information content (AvgIpc) is 3.34. The standard InChI is InChI=1S/C24H27N3O4/c1-14(2)10-15-6-8-16(9-7-15)23-25-22(26-31-23)21-11-18-19(4-3-5-20(18)30-21)27-12-17(13-27)24(28)29/h6-9,11,14,17,19H,3-5,10,12-13H2,1-2H3,(H,28,29). The van der Waals surface area contributed by atoms with E-state index in [2.05, 4.69) is 41.0 Å². The summed E-state index contributed by atoms with van der Waals surface area (Å²) in [5, 5.41) is 13.3. The maximum absolute atomic E-state index is 11.2. The number of benzene rings is 1. The molecule has 0 bridgehead atoms. The third-order valence-corrected chi connectivity index (χ3v) is 6.27. The predicted octanol–water partition coefficient (Wildman–Crippen LogP) is 4.59. The maximum Gasteiger partial charge on any atom is 0.309 e. The van der Waals surface area contributed by atoms with E-state index in [0.29, 0.717) is 36.5 Å². The van der Waals surface area contributed by atoms with Crippen molar-refractivity contribution in [2.24, 2.45) is 11.8 Å². The highest BCUT2D eigenvalue weighted by atomic mass is 16.5. The summed E-state index contributed by atoms with van der Waals surface area (Å²) in [5.41, 5.74) is 3.31. The summed E-state index contributed by atoms with van der Waals surface area (Å²) in [5.74, 6) is 2.12. The molecule has 0 amide bonds. The lowest BCUT2D eigenvalue weighted by Gasteiger charge is -2.43. The van der Waals surface area contributed by atoms with Crippen LogP contribution < -0.4 is 0 Å². The number of aryl methyl sites for hydroxylation is 1. The van der Waals surface area contributed by atoms with Gasteiger partial charge in [0.05, 0.1) is 5.92 Å². The number of likely N-dealkylation sites (tertiary alicyclic amines) is 1. The molecule has 0 spiro atoms. The van der Waals surface area contributed by atoms with Crippen LogP contribution in [0.25, 0.3) is 23.0 Å². The Morgan fingerprint density at radius 3 is 2.74 bits per heavy atom. The fourth-order valence-electron chi connectivity index (χ4n) is 4.64. The van der Waals surface area contributed by atoms with Crippen LogP contribution in [0.15, 0.2) is 39.3 Å². The second kappa shape index (κ2) is 7.96. The van der Waals surface area contributed by atoms with E-state index in [1.807, 2.05) is 18.2 Å². The molecular weight excluding hydrogens is 394 g/mol. The number of nitrogens with zero attached hydrogens (tertiary/aromatic N) is 3. The van der Waals surface area contributed by atoms with E-state index in [0.717, 1.165) is 42.6 Å². The van der Waals surface area contributed by atoms with Gasteiger partial charge in [-0.1, -0.05) is 31.1 Å². The molecule has 0 radical (unpaired) electrons. The quantitative estimate of drug-likeness (QED) is 0.622. The lowest BCUT2D eigenvalue weighted by atomic mass is 9.87. The molecule has 3 heterocycles. The highest BCUT2D eigenvalue weighted by Crippen LogP contribution is 2.41. The molecule has 5 rings (SSSR count). The van der Waals surface area contributed by atoms with Gasteiger partial charge in [-0.2, -0.15) is 4.98 Å². The summed E-state index contributed by atoms with van der Waals surface area (Å²) in [6.07, 6.45) is 3.96. The van der Waals surface area contributed by atoms with Crippen LogP contribution in [0.5, 0.6) is 0 Å². The SMILES string of the molecule is CC(C)Cc1ccc(-c2nc(-c3cc4c(o3)CCCC4N3CC(C(=O)O)C3)no2)cc1. The van der Waals surface area contributed by atoms with Crippen LogP contribution in [0.2, 0.25) is 0 Å². The molecule has 31 heavy (non-hydrogen) atoms. The Bertz CT molecular complexity index is 1080. The van der Waals surface area contributed by atoms with Crippen LogP contribution >= 0.6 is 0 Å². The third-order valence-electron chi connectivity index (χ3n) is 6.27. The molecule has 7 heteroatoms. The number of aromatic nitrogens is 2. The van der Waals surface area contributed by atoms with Crippen LogP contribution in [0.1, 0.15) is 49.6 Å². The molecule has 3 aromatic rings. The summed E-state index contributed by atoms with van der Waals surface area (Å²) in [6.45, 7) is 5.61. The number of hydrogen-bond donors (Lipinski definition) is 1. The first-order valence-corrected chi connectivity index (χ1v) is 11.0. The van der Waals surface area contributed by atoms with Gasteiger partial charge in [0.2, 0.25) is 5.82 Å². The average molecular weight is 421 g/mol. The Morgan fingerprint density at radius 2 is 2.03 bits per heavy atom. The Hall–Kier alpha value is -2.93. The molecule has 1 atom stereocenters. The van der Waals surface area contributed by atoms with Crippen molar-refractivity contribution in [3.05, 3.63) is 47.2 Å². The van der Waals surface area contributed by atoms with Gasteiger partial charge in [0.15, 0.2) is 5.76 Å². The van der Waals surface area contributed by atoms with Crippen molar-refractivity contribution in [1.82, 2.24) is 15.0 Å². The molecule has 7 nitrogen and oxygen atoms in total. The zero-order valence-electron chi connectivity index (χ0n) is 17.9. The molecule has 1 fully saturated rings. The number of carbonyl (C=O) groups is 1. The predicted molar refractivity (Wildman–Crippen MR) is 114 cm³/mol. The van der Waals surface area contributed by atoms with Gasteiger partial charge in [0.25, 0.3) is 5.89 Å². The highest BCUT2D eigenvalue weighted by Gasteiger charge is 2.40. The Morgan fingerprint density at radius 1 is 1.26 bits per heavy atom. The summed E-state index contributed by atoms with van der Waals surface area (Å²) in [7, 11) is 0. The van der Waals surface area contributed by atoms with E-state index < -0.39 is 5.97 Å². The second-order valence-electron chi connectivity index (χ2n) is 9.10. The monoisotopic (exact) mass is 421 g/mol. The van der Waals surface area contributed by atoms with E-state index in [1.54, 1.807) is 0 Å². The minimum absolute atomic E-state index is 0.205. The van der Waals surface area contributed by atoms with E-state index >= 15 is 0 Å². The first-order valence-electron chi connectivity index (χ1n) is 11.0. The minimum Gasteiger partial charge on any atom is -0.481 e. The zero-order chi connectivity index (χ0) is 21.5. The lowest BCUT2D eigenvalue weighted by molar-refractivity contribution is -0.149. The van der Waals surface area contributed by atoms with Gasteiger partial charge in [0, 0.05) is 36.7 Å². The number of hydrogen-bond acceptors (Lipinski definition) is 6. The number of fused-ring (bicyclic) bond motifs is 1. The first-order chi connectivity index (χ1) is 15.0. The second-order valence-corrected chi connectivity index (χ2v) is 9.10. The molecule has 2 aromatic heterocycles. The van der Waals surface area contributed by atoms with Crippen molar-refractivity contribution < 1.29 is 18.8 Å². The lowest BCUT2D eigenvalue weighted by Crippen LogP contribution is -2.52. The fourth-order valence-corrected chi connectivity index (χ4v) is 4.64. The van der Waals surface area contributed by atoms with Gasteiger partial charge < -0.3 is 14.0 Å².